The van der Waals surface area contributed by atoms with Crippen molar-refractivity contribution < 1.29 is 4.74 Å². The molecule has 0 aliphatic carbocycles. The van der Waals surface area contributed by atoms with Crippen LogP contribution in [0.15, 0.2) is 59.6 Å². The van der Waals surface area contributed by atoms with Gasteiger partial charge in [-0.15, -0.1) is 0 Å². The third kappa shape index (κ3) is 5.61. The first-order valence-corrected chi connectivity index (χ1v) is 8.53. The van der Waals surface area contributed by atoms with E-state index in [-0.39, 0.29) is 0 Å². The molecule has 0 unspecified atom stereocenters. The molecule has 0 aliphatic rings. The van der Waals surface area contributed by atoms with E-state index in [9.17, 15) is 0 Å². The molecule has 0 aromatic heterocycles. The van der Waals surface area contributed by atoms with Crippen molar-refractivity contribution in [3.05, 3.63) is 65.7 Å². The van der Waals surface area contributed by atoms with Crippen LogP contribution in [-0.4, -0.2) is 30.5 Å². The van der Waals surface area contributed by atoms with Crippen LogP contribution in [0.25, 0.3) is 0 Å². The molecule has 0 radical (unpaired) electrons. The summed E-state index contributed by atoms with van der Waals surface area (Å²) in [7, 11) is 0. The van der Waals surface area contributed by atoms with Crippen molar-refractivity contribution in [1.82, 2.24) is 4.90 Å². The molecule has 0 atom stereocenters. The summed E-state index contributed by atoms with van der Waals surface area (Å²) in [6, 6.07) is 18.4. The Labute approximate surface area is 145 Å². The van der Waals surface area contributed by atoms with Crippen LogP contribution in [0, 0.1) is 0 Å². The van der Waals surface area contributed by atoms with Gasteiger partial charge in [0.05, 0.1) is 0 Å². The molecule has 2 N–H and O–H groups in total. The zero-order chi connectivity index (χ0) is 17.2. The highest BCUT2D eigenvalue weighted by Crippen LogP contribution is 2.14. The molecule has 0 spiro atoms. The minimum absolute atomic E-state index is 0.588. The molecule has 24 heavy (non-hydrogen) atoms. The molecule has 0 bridgehead atoms. The van der Waals surface area contributed by atoms with Crippen LogP contribution in [0.2, 0.25) is 0 Å². The van der Waals surface area contributed by atoms with E-state index in [0.29, 0.717) is 19.1 Å². The number of guanidine groups is 1. The Morgan fingerprint density at radius 1 is 0.958 bits per heavy atom. The van der Waals surface area contributed by atoms with Crippen molar-refractivity contribution >= 4 is 5.96 Å². The van der Waals surface area contributed by atoms with Gasteiger partial charge < -0.3 is 15.4 Å². The van der Waals surface area contributed by atoms with Gasteiger partial charge in [0.25, 0.3) is 0 Å². The van der Waals surface area contributed by atoms with Crippen LogP contribution in [0.4, 0.5) is 0 Å². The van der Waals surface area contributed by atoms with Gasteiger partial charge in [0, 0.05) is 19.6 Å². The molecule has 2 rings (SSSR count). The molecular formula is C20H27N3O. The van der Waals surface area contributed by atoms with Crippen molar-refractivity contribution in [2.24, 2.45) is 10.7 Å². The summed E-state index contributed by atoms with van der Waals surface area (Å²) in [5, 5.41) is 0. The van der Waals surface area contributed by atoms with E-state index in [1.807, 2.05) is 30.3 Å². The quantitative estimate of drug-likeness (QED) is 0.597. The van der Waals surface area contributed by atoms with Gasteiger partial charge in [-0.25, -0.2) is 0 Å². The van der Waals surface area contributed by atoms with Gasteiger partial charge in [-0.05, 0) is 43.5 Å². The lowest BCUT2D eigenvalue weighted by atomic mass is 10.1. The molecule has 0 amide bonds. The summed E-state index contributed by atoms with van der Waals surface area (Å²) in [5.41, 5.74) is 8.38. The average Bonchev–Trinajstić information content (AvgIpc) is 2.63. The molecule has 4 nitrogen and oxygen atoms in total. The molecule has 128 valence electrons. The highest BCUT2D eigenvalue weighted by molar-refractivity contribution is 5.77. The predicted molar refractivity (Wildman–Crippen MR) is 100 cm³/mol. The smallest absolute Gasteiger partial charge is 0.191 e. The SMILES string of the molecule is CCN(CC)C(N)=NCCc1ccc(OCc2ccccc2)cc1. The lowest BCUT2D eigenvalue weighted by molar-refractivity contribution is 0.306. The zero-order valence-electron chi connectivity index (χ0n) is 14.6. The van der Waals surface area contributed by atoms with Crippen molar-refractivity contribution in [2.45, 2.75) is 26.9 Å². The molecule has 2 aromatic carbocycles. The zero-order valence-corrected chi connectivity index (χ0v) is 14.6. The van der Waals surface area contributed by atoms with Gasteiger partial charge in [-0.1, -0.05) is 42.5 Å². The monoisotopic (exact) mass is 325 g/mol. The molecule has 4 heteroatoms. The summed E-state index contributed by atoms with van der Waals surface area (Å²) in [5.74, 6) is 1.51. The van der Waals surface area contributed by atoms with E-state index in [4.69, 9.17) is 10.5 Å². The van der Waals surface area contributed by atoms with E-state index in [1.165, 1.54) is 11.1 Å². The Balaban J connectivity index is 1.80. The highest BCUT2D eigenvalue weighted by Gasteiger charge is 2.02. The minimum Gasteiger partial charge on any atom is -0.489 e. The van der Waals surface area contributed by atoms with Gasteiger partial charge >= 0.3 is 0 Å². The fourth-order valence-electron chi connectivity index (χ4n) is 2.44. The second kappa shape index (κ2) is 9.60. The number of rotatable bonds is 8. The Kier molecular flexibility index (Phi) is 7.15. The first-order valence-electron chi connectivity index (χ1n) is 8.53. The lowest BCUT2D eigenvalue weighted by Crippen LogP contribution is -2.37. The van der Waals surface area contributed by atoms with E-state index >= 15 is 0 Å². The maximum Gasteiger partial charge on any atom is 0.191 e. The van der Waals surface area contributed by atoms with E-state index in [0.717, 1.165) is 25.3 Å². The number of benzene rings is 2. The lowest BCUT2D eigenvalue weighted by Gasteiger charge is -2.19. The predicted octanol–water partition coefficient (Wildman–Crippen LogP) is 3.46. The fraction of sp³-hybridized carbons (Fsp3) is 0.350. The van der Waals surface area contributed by atoms with Crippen LogP contribution < -0.4 is 10.5 Å². The normalized spacial score (nSPS) is 11.3. The number of nitrogens with zero attached hydrogens (tertiary/aromatic N) is 2. The van der Waals surface area contributed by atoms with Crippen LogP contribution in [0.3, 0.4) is 0 Å². The van der Waals surface area contributed by atoms with Crippen molar-refractivity contribution in [3.63, 3.8) is 0 Å². The summed E-state index contributed by atoms with van der Waals surface area (Å²) in [4.78, 5) is 6.51. The number of ether oxygens (including phenoxy) is 1. The van der Waals surface area contributed by atoms with Gasteiger partial charge in [-0.3, -0.25) is 4.99 Å². The minimum atomic E-state index is 0.588. The largest absolute Gasteiger partial charge is 0.489 e. The summed E-state index contributed by atoms with van der Waals surface area (Å²) in [6.45, 7) is 7.23. The van der Waals surface area contributed by atoms with Crippen molar-refractivity contribution in [2.75, 3.05) is 19.6 Å². The highest BCUT2D eigenvalue weighted by atomic mass is 16.5. The Hall–Kier alpha value is -2.49. The van der Waals surface area contributed by atoms with Crippen molar-refractivity contribution in [3.8, 4) is 5.75 Å². The Morgan fingerprint density at radius 2 is 1.62 bits per heavy atom. The Bertz CT molecular complexity index is 619. The number of hydrogen-bond acceptors (Lipinski definition) is 2. The fourth-order valence-corrected chi connectivity index (χ4v) is 2.44. The summed E-state index contributed by atoms with van der Waals surface area (Å²) < 4.78 is 5.80. The molecule has 2 aromatic rings. The second-order valence-electron chi connectivity index (χ2n) is 5.58. The van der Waals surface area contributed by atoms with Gasteiger partial charge in [-0.2, -0.15) is 0 Å². The molecule has 0 aliphatic heterocycles. The molecule has 0 saturated carbocycles. The third-order valence-electron chi connectivity index (χ3n) is 3.93. The summed E-state index contributed by atoms with van der Waals surface area (Å²) >= 11 is 0. The number of hydrogen-bond donors (Lipinski definition) is 1. The van der Waals surface area contributed by atoms with Crippen LogP contribution in [-0.2, 0) is 13.0 Å². The van der Waals surface area contributed by atoms with E-state index in [1.54, 1.807) is 0 Å². The topological polar surface area (TPSA) is 50.8 Å². The van der Waals surface area contributed by atoms with Gasteiger partial charge in [0.15, 0.2) is 5.96 Å². The molecular weight excluding hydrogens is 298 g/mol. The second-order valence-corrected chi connectivity index (χ2v) is 5.58. The summed E-state index contributed by atoms with van der Waals surface area (Å²) in [6.07, 6.45) is 0.876. The molecule has 0 saturated heterocycles. The standard InChI is InChI=1S/C20H27N3O/c1-3-23(4-2)20(21)22-15-14-17-10-12-19(13-11-17)24-16-18-8-6-5-7-9-18/h5-13H,3-4,14-16H2,1-2H3,(H2,21,22). The van der Waals surface area contributed by atoms with Crippen LogP contribution >= 0.6 is 0 Å². The Morgan fingerprint density at radius 3 is 2.25 bits per heavy atom. The van der Waals surface area contributed by atoms with Crippen LogP contribution in [0.5, 0.6) is 5.75 Å². The van der Waals surface area contributed by atoms with E-state index in [2.05, 4.69) is 48.0 Å². The molecule has 0 heterocycles. The van der Waals surface area contributed by atoms with Gasteiger partial charge in [0.2, 0.25) is 0 Å². The average molecular weight is 325 g/mol. The third-order valence-corrected chi connectivity index (χ3v) is 3.93. The van der Waals surface area contributed by atoms with Gasteiger partial charge in [0.1, 0.15) is 12.4 Å². The first-order chi connectivity index (χ1) is 11.7. The first kappa shape index (κ1) is 17.9. The van der Waals surface area contributed by atoms with Crippen LogP contribution in [0.1, 0.15) is 25.0 Å². The van der Waals surface area contributed by atoms with E-state index < -0.39 is 0 Å². The molecule has 0 fully saturated rings. The number of aliphatic imine (C=N–C) groups is 1. The number of nitrogens with two attached hydrogens (primary N) is 1. The maximum absolute atomic E-state index is 5.98. The van der Waals surface area contributed by atoms with Crippen molar-refractivity contribution in [1.29, 1.82) is 0 Å². The maximum atomic E-state index is 5.98.